The van der Waals surface area contributed by atoms with Gasteiger partial charge in [0.05, 0.1) is 26.1 Å². The zero-order valence-corrected chi connectivity index (χ0v) is 15.0. The van der Waals surface area contributed by atoms with Gasteiger partial charge in [-0.15, -0.1) is 0 Å². The lowest BCUT2D eigenvalue weighted by Crippen LogP contribution is -2.35. The second-order valence-corrected chi connectivity index (χ2v) is 6.03. The van der Waals surface area contributed by atoms with Crippen molar-refractivity contribution < 1.29 is 19.1 Å². The lowest BCUT2D eigenvalue weighted by atomic mass is 10.1. The maximum absolute atomic E-state index is 12.4. The highest BCUT2D eigenvalue weighted by Crippen LogP contribution is 2.10. The molecule has 0 heterocycles. The van der Waals surface area contributed by atoms with Crippen LogP contribution < -0.4 is 4.74 Å². The van der Waals surface area contributed by atoms with Crippen molar-refractivity contribution in [3.05, 3.63) is 30.3 Å². The molecule has 0 spiro atoms. The van der Waals surface area contributed by atoms with Gasteiger partial charge in [-0.25, -0.2) is 0 Å². The predicted octanol–water partition coefficient (Wildman–Crippen LogP) is 3.28. The van der Waals surface area contributed by atoms with E-state index in [-0.39, 0.29) is 18.3 Å². The van der Waals surface area contributed by atoms with Crippen LogP contribution in [0.1, 0.15) is 40.0 Å². The minimum atomic E-state index is -0.264. The quantitative estimate of drug-likeness (QED) is 0.582. The minimum absolute atomic E-state index is 0.0101. The summed E-state index contributed by atoms with van der Waals surface area (Å²) in [5, 5.41) is 0. The number of carbonyl (C=O) groups is 2. The molecule has 0 N–H and O–H groups in total. The Morgan fingerprint density at radius 1 is 1.08 bits per heavy atom. The normalized spacial score (nSPS) is 10.5. The molecular formula is C19H29NO4. The van der Waals surface area contributed by atoms with Crippen molar-refractivity contribution in [2.45, 2.75) is 40.0 Å². The molecule has 5 nitrogen and oxygen atoms in total. The Morgan fingerprint density at radius 2 is 1.79 bits per heavy atom. The monoisotopic (exact) mass is 335 g/mol. The van der Waals surface area contributed by atoms with E-state index in [1.807, 2.05) is 30.3 Å². The van der Waals surface area contributed by atoms with E-state index in [0.717, 1.165) is 12.2 Å². The molecule has 24 heavy (non-hydrogen) atoms. The number of hydrogen-bond acceptors (Lipinski definition) is 4. The van der Waals surface area contributed by atoms with Gasteiger partial charge in [-0.05, 0) is 31.4 Å². The van der Waals surface area contributed by atoms with Gasteiger partial charge in [0.1, 0.15) is 5.75 Å². The molecule has 0 radical (unpaired) electrons. The summed E-state index contributed by atoms with van der Waals surface area (Å²) in [7, 11) is 0. The molecule has 134 valence electrons. The number of para-hydroxylation sites is 1. The molecule has 0 unspecified atom stereocenters. The molecule has 0 aromatic heterocycles. The second-order valence-electron chi connectivity index (χ2n) is 6.03. The van der Waals surface area contributed by atoms with E-state index >= 15 is 0 Å². The van der Waals surface area contributed by atoms with E-state index in [4.69, 9.17) is 9.47 Å². The smallest absolute Gasteiger partial charge is 0.307 e. The summed E-state index contributed by atoms with van der Waals surface area (Å²) in [6.45, 7) is 7.76. The van der Waals surface area contributed by atoms with Gasteiger partial charge in [0.15, 0.2) is 0 Å². The zero-order chi connectivity index (χ0) is 17.8. The summed E-state index contributed by atoms with van der Waals surface area (Å²) in [6, 6.07) is 9.43. The van der Waals surface area contributed by atoms with Crippen LogP contribution in [0.4, 0.5) is 0 Å². The molecule has 0 aliphatic rings. The van der Waals surface area contributed by atoms with Gasteiger partial charge in [0, 0.05) is 13.1 Å². The van der Waals surface area contributed by atoms with Gasteiger partial charge in [-0.2, -0.15) is 0 Å². The summed E-state index contributed by atoms with van der Waals surface area (Å²) in [4.78, 5) is 25.7. The third kappa shape index (κ3) is 8.56. The SMILES string of the molecule is CCOC(=O)CCN(CCC(C)C)C(=O)CCOc1ccccc1. The third-order valence-electron chi connectivity index (χ3n) is 3.55. The maximum Gasteiger partial charge on any atom is 0.307 e. The predicted molar refractivity (Wildman–Crippen MR) is 93.8 cm³/mol. The number of benzene rings is 1. The fourth-order valence-corrected chi connectivity index (χ4v) is 2.17. The molecule has 0 bridgehead atoms. The molecule has 0 aliphatic carbocycles. The van der Waals surface area contributed by atoms with Crippen LogP contribution in [0.5, 0.6) is 5.75 Å². The van der Waals surface area contributed by atoms with Crippen molar-refractivity contribution in [2.75, 3.05) is 26.3 Å². The highest BCUT2D eigenvalue weighted by atomic mass is 16.5. The van der Waals surface area contributed by atoms with Crippen LogP contribution in [0.3, 0.4) is 0 Å². The molecule has 1 rings (SSSR count). The molecule has 0 aliphatic heterocycles. The summed E-state index contributed by atoms with van der Waals surface area (Å²) in [6.07, 6.45) is 1.45. The van der Waals surface area contributed by atoms with Crippen molar-refractivity contribution in [2.24, 2.45) is 5.92 Å². The fourth-order valence-electron chi connectivity index (χ4n) is 2.17. The number of amides is 1. The third-order valence-corrected chi connectivity index (χ3v) is 3.55. The van der Waals surface area contributed by atoms with Crippen LogP contribution >= 0.6 is 0 Å². The van der Waals surface area contributed by atoms with Crippen molar-refractivity contribution >= 4 is 11.9 Å². The number of hydrogen-bond donors (Lipinski definition) is 0. The van der Waals surface area contributed by atoms with Gasteiger partial charge >= 0.3 is 5.97 Å². The maximum atomic E-state index is 12.4. The first kappa shape index (κ1) is 20.0. The lowest BCUT2D eigenvalue weighted by molar-refractivity contribution is -0.144. The van der Waals surface area contributed by atoms with Gasteiger partial charge in [-0.1, -0.05) is 32.0 Å². The van der Waals surface area contributed by atoms with Gasteiger partial charge < -0.3 is 14.4 Å². The second kappa shape index (κ2) is 11.5. The number of carbonyl (C=O) groups excluding carboxylic acids is 2. The standard InChI is InChI=1S/C19H29NO4/c1-4-23-19(22)11-14-20(13-10-16(2)3)18(21)12-15-24-17-8-6-5-7-9-17/h5-9,16H,4,10-15H2,1-3H3. The Labute approximate surface area is 144 Å². The molecule has 0 saturated heterocycles. The number of esters is 1. The average molecular weight is 335 g/mol. The Balaban J connectivity index is 2.44. The Kier molecular flexibility index (Phi) is 9.58. The van der Waals surface area contributed by atoms with E-state index in [2.05, 4.69) is 13.8 Å². The van der Waals surface area contributed by atoms with Gasteiger partial charge in [-0.3, -0.25) is 9.59 Å². The average Bonchev–Trinajstić information content (AvgIpc) is 2.55. The van der Waals surface area contributed by atoms with Crippen LogP contribution in [0, 0.1) is 5.92 Å². The van der Waals surface area contributed by atoms with Crippen LogP contribution in [0.2, 0.25) is 0 Å². The Morgan fingerprint density at radius 3 is 2.42 bits per heavy atom. The van der Waals surface area contributed by atoms with Crippen LogP contribution in [0.25, 0.3) is 0 Å². The highest BCUT2D eigenvalue weighted by molar-refractivity contribution is 5.77. The van der Waals surface area contributed by atoms with Crippen LogP contribution in [-0.4, -0.2) is 43.1 Å². The first-order valence-electron chi connectivity index (χ1n) is 8.64. The van der Waals surface area contributed by atoms with E-state index in [1.165, 1.54) is 0 Å². The molecule has 5 heteroatoms. The van der Waals surface area contributed by atoms with Crippen molar-refractivity contribution in [3.63, 3.8) is 0 Å². The van der Waals surface area contributed by atoms with E-state index in [9.17, 15) is 9.59 Å². The van der Waals surface area contributed by atoms with Crippen molar-refractivity contribution in [1.29, 1.82) is 0 Å². The molecule has 1 aromatic carbocycles. The summed E-state index contributed by atoms with van der Waals surface area (Å²) < 4.78 is 10.5. The lowest BCUT2D eigenvalue weighted by Gasteiger charge is -2.23. The molecule has 0 atom stereocenters. The summed E-state index contributed by atoms with van der Waals surface area (Å²) >= 11 is 0. The van der Waals surface area contributed by atoms with Crippen molar-refractivity contribution in [1.82, 2.24) is 4.90 Å². The van der Waals surface area contributed by atoms with Crippen LogP contribution in [0.15, 0.2) is 30.3 Å². The fraction of sp³-hybridized carbons (Fsp3) is 0.579. The van der Waals surface area contributed by atoms with Crippen molar-refractivity contribution in [3.8, 4) is 5.75 Å². The molecule has 0 saturated carbocycles. The number of rotatable bonds is 11. The molecule has 0 fully saturated rings. The first-order chi connectivity index (χ1) is 11.5. The Hall–Kier alpha value is -2.04. The minimum Gasteiger partial charge on any atom is -0.493 e. The van der Waals surface area contributed by atoms with E-state index < -0.39 is 0 Å². The first-order valence-corrected chi connectivity index (χ1v) is 8.64. The summed E-state index contributed by atoms with van der Waals surface area (Å²) in [5.74, 6) is 1.00. The van der Waals surface area contributed by atoms with E-state index in [0.29, 0.717) is 38.6 Å². The van der Waals surface area contributed by atoms with Gasteiger partial charge in [0.2, 0.25) is 5.91 Å². The molecule has 1 aromatic rings. The highest BCUT2D eigenvalue weighted by Gasteiger charge is 2.16. The topological polar surface area (TPSA) is 55.8 Å². The van der Waals surface area contributed by atoms with Gasteiger partial charge in [0.25, 0.3) is 0 Å². The van der Waals surface area contributed by atoms with E-state index in [1.54, 1.807) is 11.8 Å². The van der Waals surface area contributed by atoms with Crippen LogP contribution in [-0.2, 0) is 14.3 Å². The Bertz CT molecular complexity index is 487. The molecule has 1 amide bonds. The largest absolute Gasteiger partial charge is 0.493 e. The molecular weight excluding hydrogens is 306 g/mol. The number of nitrogens with zero attached hydrogens (tertiary/aromatic N) is 1. The summed E-state index contributed by atoms with van der Waals surface area (Å²) in [5.41, 5.74) is 0. The zero-order valence-electron chi connectivity index (χ0n) is 15.0. The number of ether oxygens (including phenoxy) is 2.